The number of rotatable bonds is 8. The van der Waals surface area contributed by atoms with Gasteiger partial charge in [-0.3, -0.25) is 14.5 Å². The van der Waals surface area contributed by atoms with E-state index in [2.05, 4.69) is 5.32 Å². The van der Waals surface area contributed by atoms with Gasteiger partial charge in [0.05, 0.1) is 4.91 Å². The lowest BCUT2D eigenvalue weighted by atomic mass is 10.2. The fourth-order valence-corrected chi connectivity index (χ4v) is 4.73. The average molecular weight is 509 g/mol. The highest BCUT2D eigenvalue weighted by molar-refractivity contribution is 8.26. The number of ether oxygens (including phenoxy) is 1. The molecule has 172 valence electrons. The van der Waals surface area contributed by atoms with Crippen molar-refractivity contribution in [1.82, 2.24) is 4.90 Å². The minimum atomic E-state index is -0.150. The molecule has 4 rings (SSSR count). The van der Waals surface area contributed by atoms with Crippen molar-refractivity contribution < 1.29 is 14.3 Å². The number of para-hydroxylation sites is 1. The molecule has 0 aromatic heterocycles. The van der Waals surface area contributed by atoms with E-state index >= 15 is 0 Å². The van der Waals surface area contributed by atoms with E-state index in [1.165, 1.54) is 11.8 Å². The number of thioether (sulfide) groups is 1. The molecule has 0 bridgehead atoms. The van der Waals surface area contributed by atoms with E-state index in [4.69, 9.17) is 28.6 Å². The number of halogens is 1. The van der Waals surface area contributed by atoms with Crippen LogP contribution in [0.2, 0.25) is 5.02 Å². The number of hydrogen-bond donors (Lipinski definition) is 1. The summed E-state index contributed by atoms with van der Waals surface area (Å²) < 4.78 is 6.37. The molecule has 1 saturated heterocycles. The number of anilines is 1. The normalized spacial score (nSPS) is 14.5. The first-order valence-corrected chi connectivity index (χ1v) is 12.2. The number of hydrogen-bond acceptors (Lipinski definition) is 5. The zero-order chi connectivity index (χ0) is 23.9. The van der Waals surface area contributed by atoms with Gasteiger partial charge in [-0.05, 0) is 66.6 Å². The molecule has 3 aromatic rings. The summed E-state index contributed by atoms with van der Waals surface area (Å²) in [6.07, 6.45) is 2.58. The summed E-state index contributed by atoms with van der Waals surface area (Å²) in [7, 11) is 0. The SMILES string of the molecule is O=C(CCCN1C(=O)/C(=C/c2cccc(Oc3ccccc3)c2)SC1=S)Nc1ccc(Cl)cc1. The fourth-order valence-electron chi connectivity index (χ4n) is 3.29. The first-order valence-electron chi connectivity index (χ1n) is 10.6. The third-order valence-corrected chi connectivity index (χ3v) is 6.55. The van der Waals surface area contributed by atoms with Crippen molar-refractivity contribution in [3.8, 4) is 11.5 Å². The topological polar surface area (TPSA) is 58.6 Å². The minimum Gasteiger partial charge on any atom is -0.457 e. The molecule has 0 saturated carbocycles. The molecule has 34 heavy (non-hydrogen) atoms. The zero-order valence-corrected chi connectivity index (χ0v) is 20.5. The number of nitrogens with one attached hydrogen (secondary N) is 1. The molecule has 5 nitrogen and oxygen atoms in total. The molecule has 1 aliphatic heterocycles. The molecule has 1 aliphatic rings. The third-order valence-electron chi connectivity index (χ3n) is 4.92. The Morgan fingerprint density at radius 3 is 2.53 bits per heavy atom. The second kappa shape index (κ2) is 11.3. The van der Waals surface area contributed by atoms with E-state index in [0.717, 1.165) is 11.3 Å². The Morgan fingerprint density at radius 1 is 1.03 bits per heavy atom. The van der Waals surface area contributed by atoms with Gasteiger partial charge >= 0.3 is 0 Å². The van der Waals surface area contributed by atoms with Crippen LogP contribution in [0, 0.1) is 0 Å². The average Bonchev–Trinajstić information content (AvgIpc) is 3.09. The highest BCUT2D eigenvalue weighted by Gasteiger charge is 2.31. The third kappa shape index (κ3) is 6.47. The Balaban J connectivity index is 1.33. The van der Waals surface area contributed by atoms with Crippen molar-refractivity contribution in [1.29, 1.82) is 0 Å². The molecule has 0 radical (unpaired) electrons. The largest absolute Gasteiger partial charge is 0.457 e. The lowest BCUT2D eigenvalue weighted by molar-refractivity contribution is -0.122. The molecule has 2 amide bonds. The van der Waals surface area contributed by atoms with E-state index in [1.807, 2.05) is 60.7 Å². The molecule has 1 fully saturated rings. The molecule has 0 aliphatic carbocycles. The van der Waals surface area contributed by atoms with Crippen LogP contribution in [-0.4, -0.2) is 27.6 Å². The second-order valence-electron chi connectivity index (χ2n) is 7.48. The molecule has 8 heteroatoms. The summed E-state index contributed by atoms with van der Waals surface area (Å²) in [5, 5.41) is 3.43. The van der Waals surface area contributed by atoms with Crippen LogP contribution in [0.25, 0.3) is 6.08 Å². The van der Waals surface area contributed by atoms with Gasteiger partial charge in [0, 0.05) is 23.7 Å². The maximum Gasteiger partial charge on any atom is 0.266 e. The van der Waals surface area contributed by atoms with Crippen LogP contribution >= 0.6 is 35.6 Å². The van der Waals surface area contributed by atoms with Crippen molar-refractivity contribution in [3.63, 3.8) is 0 Å². The van der Waals surface area contributed by atoms with Crippen molar-refractivity contribution in [2.45, 2.75) is 12.8 Å². The van der Waals surface area contributed by atoms with Crippen LogP contribution in [0.3, 0.4) is 0 Å². The molecular weight excluding hydrogens is 488 g/mol. The molecular formula is C26H21ClN2O3S2. The number of amides is 2. The predicted molar refractivity (Wildman–Crippen MR) is 142 cm³/mol. The van der Waals surface area contributed by atoms with Gasteiger partial charge in [-0.2, -0.15) is 0 Å². The fraction of sp³-hybridized carbons (Fsp3) is 0.115. The van der Waals surface area contributed by atoms with E-state index in [-0.39, 0.29) is 18.2 Å². The number of benzene rings is 3. The summed E-state index contributed by atoms with van der Waals surface area (Å²) in [6.45, 7) is 0.382. The summed E-state index contributed by atoms with van der Waals surface area (Å²) in [6, 6.07) is 24.0. The van der Waals surface area contributed by atoms with Crippen molar-refractivity contribution in [2.24, 2.45) is 0 Å². The van der Waals surface area contributed by atoms with Crippen LogP contribution in [0.5, 0.6) is 11.5 Å². The smallest absolute Gasteiger partial charge is 0.266 e. The molecule has 0 atom stereocenters. The van der Waals surface area contributed by atoms with Crippen molar-refractivity contribution >= 4 is 63.5 Å². The number of nitrogens with zero attached hydrogens (tertiary/aromatic N) is 1. The van der Waals surface area contributed by atoms with Gasteiger partial charge in [0.25, 0.3) is 5.91 Å². The van der Waals surface area contributed by atoms with Crippen molar-refractivity contribution in [2.75, 3.05) is 11.9 Å². The van der Waals surface area contributed by atoms with Crippen LogP contribution < -0.4 is 10.1 Å². The zero-order valence-electron chi connectivity index (χ0n) is 18.1. The standard InChI is InChI=1S/C26H21ClN2O3S2/c27-19-11-13-20(14-12-19)28-24(30)10-5-15-29-25(31)23(34-26(29)33)17-18-6-4-9-22(16-18)32-21-7-2-1-3-8-21/h1-4,6-9,11-14,16-17H,5,10,15H2,(H,28,30)/b23-17-. The first-order chi connectivity index (χ1) is 16.5. The van der Waals surface area contributed by atoms with Crippen LogP contribution in [0.15, 0.2) is 83.8 Å². The van der Waals surface area contributed by atoms with Crippen molar-refractivity contribution in [3.05, 3.63) is 94.4 Å². The van der Waals surface area contributed by atoms with E-state index in [1.54, 1.807) is 29.2 Å². The number of carbonyl (C=O) groups excluding carboxylic acids is 2. The molecule has 1 N–H and O–H groups in total. The highest BCUT2D eigenvalue weighted by Crippen LogP contribution is 2.33. The number of carbonyl (C=O) groups is 2. The lowest BCUT2D eigenvalue weighted by Gasteiger charge is -2.14. The van der Waals surface area contributed by atoms with Gasteiger partial charge in [-0.25, -0.2) is 0 Å². The molecule has 0 spiro atoms. The quantitative estimate of drug-likeness (QED) is 0.269. The van der Waals surface area contributed by atoms with Gasteiger partial charge in [0.2, 0.25) is 5.91 Å². The Morgan fingerprint density at radius 2 is 1.76 bits per heavy atom. The second-order valence-corrected chi connectivity index (χ2v) is 9.59. The van der Waals surface area contributed by atoms with Crippen LogP contribution in [-0.2, 0) is 9.59 Å². The summed E-state index contributed by atoms with van der Waals surface area (Å²) in [5.41, 5.74) is 1.53. The predicted octanol–water partition coefficient (Wildman–Crippen LogP) is 6.75. The van der Waals surface area contributed by atoms with E-state index < -0.39 is 0 Å². The molecule has 3 aromatic carbocycles. The Bertz CT molecular complexity index is 1230. The van der Waals surface area contributed by atoms with E-state index in [9.17, 15) is 9.59 Å². The van der Waals surface area contributed by atoms with Crippen LogP contribution in [0.1, 0.15) is 18.4 Å². The van der Waals surface area contributed by atoms with Gasteiger partial charge in [-0.15, -0.1) is 0 Å². The Labute approximate surface area is 212 Å². The number of thiocarbonyl (C=S) groups is 1. The van der Waals surface area contributed by atoms with Crippen LogP contribution in [0.4, 0.5) is 5.69 Å². The highest BCUT2D eigenvalue weighted by atomic mass is 35.5. The maximum absolute atomic E-state index is 12.9. The Hall–Kier alpha value is -3.13. The van der Waals surface area contributed by atoms with E-state index in [0.29, 0.717) is 38.7 Å². The molecule has 1 heterocycles. The lowest BCUT2D eigenvalue weighted by Crippen LogP contribution is -2.29. The summed E-state index contributed by atoms with van der Waals surface area (Å²) in [5.74, 6) is 1.15. The monoisotopic (exact) mass is 508 g/mol. The summed E-state index contributed by atoms with van der Waals surface area (Å²) in [4.78, 5) is 27.2. The maximum atomic E-state index is 12.9. The van der Waals surface area contributed by atoms with Gasteiger partial charge in [0.15, 0.2) is 0 Å². The Kier molecular flexibility index (Phi) is 8.00. The van der Waals surface area contributed by atoms with Gasteiger partial charge < -0.3 is 10.1 Å². The van der Waals surface area contributed by atoms with Gasteiger partial charge in [0.1, 0.15) is 15.8 Å². The first kappa shape index (κ1) is 24.0. The minimum absolute atomic E-state index is 0.126. The molecule has 0 unspecified atom stereocenters. The van der Waals surface area contributed by atoms with Gasteiger partial charge in [-0.1, -0.05) is 65.9 Å². The summed E-state index contributed by atoms with van der Waals surface area (Å²) >= 11 is 12.5.